The van der Waals surface area contributed by atoms with E-state index in [0.717, 1.165) is 0 Å². The quantitative estimate of drug-likeness (QED) is 0.727. The number of esters is 1. The van der Waals surface area contributed by atoms with E-state index >= 15 is 0 Å². The fraction of sp³-hybridized carbons (Fsp3) is 0.222. The first-order valence-electron chi connectivity index (χ1n) is 7.81. The number of sulfone groups is 1. The molecule has 0 heterocycles. The van der Waals surface area contributed by atoms with Gasteiger partial charge in [0.05, 0.1) is 23.6 Å². The largest absolute Gasteiger partial charge is 0.462 e. The van der Waals surface area contributed by atoms with Crippen molar-refractivity contribution < 1.29 is 22.7 Å². The molecule has 26 heavy (non-hydrogen) atoms. The van der Waals surface area contributed by atoms with Gasteiger partial charge in [-0.2, -0.15) is 0 Å². The Hall–Kier alpha value is -2.38. The van der Waals surface area contributed by atoms with E-state index in [1.54, 1.807) is 43.3 Å². The number of para-hydroxylation sites is 1. The number of nitrogens with one attached hydrogen (secondary N) is 1. The molecule has 6 nitrogen and oxygen atoms in total. The van der Waals surface area contributed by atoms with E-state index in [1.165, 1.54) is 12.1 Å². The molecule has 0 aliphatic rings. The molecule has 0 atom stereocenters. The van der Waals surface area contributed by atoms with Crippen molar-refractivity contribution in [2.45, 2.75) is 12.7 Å². The van der Waals surface area contributed by atoms with E-state index in [4.69, 9.17) is 16.3 Å². The Bertz CT molecular complexity index is 894. The molecule has 0 aromatic heterocycles. The third kappa shape index (κ3) is 5.86. The van der Waals surface area contributed by atoms with E-state index in [2.05, 4.69) is 5.32 Å². The van der Waals surface area contributed by atoms with Crippen molar-refractivity contribution in [2.24, 2.45) is 0 Å². The number of hydrogen-bond donors (Lipinski definition) is 1. The monoisotopic (exact) mass is 395 g/mol. The molecule has 2 rings (SSSR count). The Labute approximate surface area is 157 Å². The maximum absolute atomic E-state index is 12.2. The minimum atomic E-state index is -3.68. The van der Waals surface area contributed by atoms with Gasteiger partial charge in [0.1, 0.15) is 5.75 Å². The van der Waals surface area contributed by atoms with Crippen LogP contribution in [0.2, 0.25) is 5.02 Å². The maximum Gasteiger partial charge on any atom is 0.340 e. The second-order valence-corrected chi connectivity index (χ2v) is 7.97. The van der Waals surface area contributed by atoms with E-state index in [0.29, 0.717) is 10.6 Å². The van der Waals surface area contributed by atoms with Gasteiger partial charge in [-0.3, -0.25) is 4.79 Å². The molecular weight excluding hydrogens is 378 g/mol. The summed E-state index contributed by atoms with van der Waals surface area (Å²) in [5.74, 6) is -2.30. The number of hydrogen-bond acceptors (Lipinski definition) is 5. The summed E-state index contributed by atoms with van der Waals surface area (Å²) in [6, 6.07) is 12.6. The van der Waals surface area contributed by atoms with Crippen molar-refractivity contribution >= 4 is 39.0 Å². The molecule has 2 aromatic rings. The third-order valence-electron chi connectivity index (χ3n) is 3.35. The van der Waals surface area contributed by atoms with Crippen LogP contribution in [0.1, 0.15) is 22.8 Å². The standard InChI is InChI=1S/C18H18ClNO5S/c1-2-25-18(22)15-5-3-4-6-16(15)20-17(21)12-26(23,24)11-13-7-9-14(19)10-8-13/h3-10H,2,11-12H2,1H3,(H,20,21). The van der Waals surface area contributed by atoms with Crippen LogP contribution in [0.3, 0.4) is 0 Å². The molecule has 0 aliphatic heterocycles. The third-order valence-corrected chi connectivity index (χ3v) is 5.07. The molecule has 0 aliphatic carbocycles. The summed E-state index contributed by atoms with van der Waals surface area (Å²) in [7, 11) is -3.68. The Morgan fingerprint density at radius 2 is 1.73 bits per heavy atom. The van der Waals surface area contributed by atoms with Gasteiger partial charge in [-0.25, -0.2) is 13.2 Å². The molecule has 0 saturated carbocycles. The number of anilines is 1. The first-order chi connectivity index (χ1) is 12.3. The topological polar surface area (TPSA) is 89.5 Å². The van der Waals surface area contributed by atoms with Crippen LogP contribution in [0.15, 0.2) is 48.5 Å². The van der Waals surface area contributed by atoms with Crippen LogP contribution in [0, 0.1) is 0 Å². The van der Waals surface area contributed by atoms with Crippen LogP contribution in [-0.4, -0.2) is 32.7 Å². The van der Waals surface area contributed by atoms with Crippen LogP contribution in [0.5, 0.6) is 0 Å². The van der Waals surface area contributed by atoms with Crippen LogP contribution in [-0.2, 0) is 25.1 Å². The molecule has 0 fully saturated rings. The predicted molar refractivity (Wildman–Crippen MR) is 100.0 cm³/mol. The Kier molecular flexibility index (Phi) is 6.76. The first kappa shape index (κ1) is 19.9. The molecule has 0 radical (unpaired) electrons. The van der Waals surface area contributed by atoms with Gasteiger partial charge >= 0.3 is 5.97 Å². The number of carbonyl (C=O) groups excluding carboxylic acids is 2. The van der Waals surface area contributed by atoms with Gasteiger partial charge in [0.15, 0.2) is 9.84 Å². The summed E-state index contributed by atoms with van der Waals surface area (Å²) in [5.41, 5.74) is 0.907. The summed E-state index contributed by atoms with van der Waals surface area (Å²) in [5, 5.41) is 2.96. The molecule has 1 amide bonds. The van der Waals surface area contributed by atoms with Crippen molar-refractivity contribution in [3.8, 4) is 0 Å². The number of carbonyl (C=O) groups is 2. The minimum absolute atomic E-state index is 0.165. The van der Waals surface area contributed by atoms with Gasteiger partial charge in [-0.15, -0.1) is 0 Å². The number of halogens is 1. The van der Waals surface area contributed by atoms with Gasteiger partial charge in [-0.1, -0.05) is 35.9 Å². The zero-order valence-corrected chi connectivity index (χ0v) is 15.6. The molecule has 1 N–H and O–H groups in total. The lowest BCUT2D eigenvalue weighted by Gasteiger charge is -2.10. The predicted octanol–water partition coefficient (Wildman–Crippen LogP) is 3.07. The SMILES string of the molecule is CCOC(=O)c1ccccc1NC(=O)CS(=O)(=O)Cc1ccc(Cl)cc1. The van der Waals surface area contributed by atoms with Gasteiger partial charge in [0.2, 0.25) is 5.91 Å². The highest BCUT2D eigenvalue weighted by atomic mass is 35.5. The highest BCUT2D eigenvalue weighted by Crippen LogP contribution is 2.17. The lowest BCUT2D eigenvalue weighted by Crippen LogP contribution is -2.25. The maximum atomic E-state index is 12.2. The first-order valence-corrected chi connectivity index (χ1v) is 10.0. The second kappa shape index (κ2) is 8.82. The summed E-state index contributed by atoms with van der Waals surface area (Å²) >= 11 is 5.77. The lowest BCUT2D eigenvalue weighted by molar-refractivity contribution is -0.113. The van der Waals surface area contributed by atoms with Gasteiger partial charge in [0.25, 0.3) is 0 Å². The zero-order valence-electron chi connectivity index (χ0n) is 14.1. The summed E-state index contributed by atoms with van der Waals surface area (Å²) in [6.45, 7) is 1.86. The molecule has 138 valence electrons. The number of amides is 1. The summed E-state index contributed by atoms with van der Waals surface area (Å²) < 4.78 is 29.4. The Morgan fingerprint density at radius 3 is 2.38 bits per heavy atom. The fourth-order valence-electron chi connectivity index (χ4n) is 2.25. The summed E-state index contributed by atoms with van der Waals surface area (Å²) in [4.78, 5) is 24.0. The van der Waals surface area contributed by atoms with Gasteiger partial charge < -0.3 is 10.1 Å². The smallest absolute Gasteiger partial charge is 0.340 e. The van der Waals surface area contributed by atoms with Gasteiger partial charge in [-0.05, 0) is 36.8 Å². The lowest BCUT2D eigenvalue weighted by atomic mass is 10.2. The summed E-state index contributed by atoms with van der Waals surface area (Å²) in [6.07, 6.45) is 0. The Morgan fingerprint density at radius 1 is 1.08 bits per heavy atom. The van der Waals surface area contributed by atoms with E-state index in [-0.39, 0.29) is 23.6 Å². The van der Waals surface area contributed by atoms with Crippen LogP contribution >= 0.6 is 11.6 Å². The normalized spacial score (nSPS) is 11.0. The molecule has 0 spiro atoms. The van der Waals surface area contributed by atoms with E-state index < -0.39 is 27.5 Å². The van der Waals surface area contributed by atoms with E-state index in [9.17, 15) is 18.0 Å². The zero-order chi connectivity index (χ0) is 19.2. The van der Waals surface area contributed by atoms with Crippen molar-refractivity contribution in [3.05, 3.63) is 64.7 Å². The highest BCUT2D eigenvalue weighted by molar-refractivity contribution is 7.91. The molecule has 0 saturated heterocycles. The van der Waals surface area contributed by atoms with Crippen molar-refractivity contribution in [2.75, 3.05) is 17.7 Å². The van der Waals surface area contributed by atoms with Crippen LogP contribution in [0.25, 0.3) is 0 Å². The number of rotatable bonds is 7. The Balaban J connectivity index is 2.06. The second-order valence-electron chi connectivity index (χ2n) is 5.47. The van der Waals surface area contributed by atoms with Gasteiger partial charge in [0, 0.05) is 5.02 Å². The molecule has 0 unspecified atom stereocenters. The van der Waals surface area contributed by atoms with Crippen molar-refractivity contribution in [1.29, 1.82) is 0 Å². The van der Waals surface area contributed by atoms with Crippen LogP contribution in [0.4, 0.5) is 5.69 Å². The van der Waals surface area contributed by atoms with Crippen molar-refractivity contribution in [1.82, 2.24) is 0 Å². The van der Waals surface area contributed by atoms with Crippen LogP contribution < -0.4 is 5.32 Å². The molecule has 8 heteroatoms. The van der Waals surface area contributed by atoms with Crippen molar-refractivity contribution in [3.63, 3.8) is 0 Å². The number of benzene rings is 2. The average Bonchev–Trinajstić information content (AvgIpc) is 2.57. The minimum Gasteiger partial charge on any atom is -0.462 e. The molecule has 0 bridgehead atoms. The number of ether oxygens (including phenoxy) is 1. The fourth-order valence-corrected chi connectivity index (χ4v) is 3.65. The average molecular weight is 396 g/mol. The molecular formula is C18H18ClNO5S. The highest BCUT2D eigenvalue weighted by Gasteiger charge is 2.20. The van der Waals surface area contributed by atoms with E-state index in [1.807, 2.05) is 0 Å². The molecule has 2 aromatic carbocycles.